The Hall–Kier alpha value is -0.966. The number of hydrogen-bond acceptors (Lipinski definition) is 6. The zero-order chi connectivity index (χ0) is 27.3. The summed E-state index contributed by atoms with van der Waals surface area (Å²) in [5, 5.41) is 8.98. The van der Waals surface area contributed by atoms with Crippen LogP contribution in [0.15, 0.2) is 22.0 Å². The summed E-state index contributed by atoms with van der Waals surface area (Å²) in [6.07, 6.45) is 11.6. The van der Waals surface area contributed by atoms with E-state index in [4.69, 9.17) is 18.5 Å². The maximum absolute atomic E-state index is 7.31. The average Bonchev–Trinajstić information content (AvgIpc) is 3.08. The molecule has 37 heavy (non-hydrogen) atoms. The number of fused-ring (bicyclic) bond motifs is 5. The van der Waals surface area contributed by atoms with E-state index in [1.165, 1.54) is 38.5 Å². The van der Waals surface area contributed by atoms with Gasteiger partial charge in [-0.3, -0.25) is 0 Å². The molecule has 0 aromatic heterocycles. The highest BCUT2D eigenvalue weighted by atomic mass is 28.4. The Balaban J connectivity index is 1.71. The Morgan fingerprint density at radius 1 is 0.892 bits per heavy atom. The molecular formula is C29H52N2O4Si2. The molecule has 210 valence electrons. The van der Waals surface area contributed by atoms with Crippen LogP contribution in [-0.4, -0.2) is 54.5 Å². The van der Waals surface area contributed by atoms with Crippen LogP contribution in [0.2, 0.25) is 39.3 Å². The summed E-state index contributed by atoms with van der Waals surface area (Å²) < 4.78 is 13.8. The van der Waals surface area contributed by atoms with Crippen LogP contribution in [0, 0.1) is 28.6 Å². The lowest BCUT2D eigenvalue weighted by Gasteiger charge is -2.60. The molecule has 6 atom stereocenters. The zero-order valence-electron chi connectivity index (χ0n) is 25.2. The van der Waals surface area contributed by atoms with E-state index in [0.29, 0.717) is 12.5 Å². The van der Waals surface area contributed by atoms with Crippen molar-refractivity contribution in [1.82, 2.24) is 0 Å². The van der Waals surface area contributed by atoms with Gasteiger partial charge in [0.2, 0.25) is 0 Å². The van der Waals surface area contributed by atoms with Crippen LogP contribution in [0.1, 0.15) is 65.2 Å². The Kier molecular flexibility index (Phi) is 8.01. The lowest BCUT2D eigenvalue weighted by atomic mass is 9.46. The average molecular weight is 549 g/mol. The molecule has 4 aliphatic carbocycles. The van der Waals surface area contributed by atoms with Crippen molar-refractivity contribution in [2.75, 3.05) is 20.8 Å². The van der Waals surface area contributed by atoms with Crippen LogP contribution >= 0.6 is 0 Å². The fourth-order valence-electron chi connectivity index (χ4n) is 8.59. The third kappa shape index (κ3) is 5.29. The summed E-state index contributed by atoms with van der Waals surface area (Å²) in [7, 11) is -0.311. The van der Waals surface area contributed by atoms with E-state index >= 15 is 0 Å². The molecule has 0 N–H and O–H groups in total. The van der Waals surface area contributed by atoms with E-state index in [2.05, 4.69) is 69.5 Å². The second-order valence-electron chi connectivity index (χ2n) is 14.4. The van der Waals surface area contributed by atoms with E-state index in [1.54, 1.807) is 19.8 Å². The van der Waals surface area contributed by atoms with E-state index < -0.39 is 22.2 Å². The van der Waals surface area contributed by atoms with E-state index in [9.17, 15) is 0 Å². The highest BCUT2D eigenvalue weighted by Gasteiger charge is 2.67. The van der Waals surface area contributed by atoms with Gasteiger partial charge in [0.05, 0.1) is 12.3 Å². The molecule has 6 unspecified atom stereocenters. The van der Waals surface area contributed by atoms with Gasteiger partial charge >= 0.3 is 0 Å². The molecular weight excluding hydrogens is 497 g/mol. The molecule has 8 heteroatoms. The monoisotopic (exact) mass is 548 g/mol. The third-order valence-corrected chi connectivity index (χ3v) is 12.1. The van der Waals surface area contributed by atoms with Gasteiger partial charge in [-0.2, -0.15) is 0 Å². The molecule has 0 saturated heterocycles. The van der Waals surface area contributed by atoms with Gasteiger partial charge in [0.25, 0.3) is 0 Å². The van der Waals surface area contributed by atoms with E-state index in [1.807, 2.05) is 0 Å². The molecule has 0 bridgehead atoms. The molecule has 3 saturated carbocycles. The summed E-state index contributed by atoms with van der Waals surface area (Å²) in [6, 6.07) is 0. The lowest BCUT2D eigenvalue weighted by molar-refractivity contribution is -0.0896. The van der Waals surface area contributed by atoms with Crippen LogP contribution in [-0.2, 0) is 18.5 Å². The van der Waals surface area contributed by atoms with Crippen LogP contribution < -0.4 is 0 Å². The number of oxime groups is 2. The molecule has 3 fully saturated rings. The molecule has 0 spiro atoms. The first-order valence-corrected chi connectivity index (χ1v) is 21.3. The van der Waals surface area contributed by atoms with Crippen LogP contribution in [0.3, 0.4) is 0 Å². The van der Waals surface area contributed by atoms with Gasteiger partial charge in [0.1, 0.15) is 25.5 Å². The quantitative estimate of drug-likeness (QED) is 0.180. The second kappa shape index (κ2) is 10.2. The molecule has 4 rings (SSSR count). The minimum Gasteiger partial charge on any atom is -0.412 e. The molecule has 0 radical (unpaired) electrons. The maximum atomic E-state index is 7.31. The van der Waals surface area contributed by atoms with Crippen molar-refractivity contribution < 1.29 is 18.5 Å². The highest BCUT2D eigenvalue weighted by Crippen LogP contribution is 2.68. The zero-order valence-corrected chi connectivity index (χ0v) is 27.2. The molecule has 0 aromatic carbocycles. The first kappa shape index (κ1) is 29.0. The first-order valence-electron chi connectivity index (χ1n) is 14.4. The topological polar surface area (TPSA) is 61.6 Å². The van der Waals surface area contributed by atoms with Gasteiger partial charge < -0.3 is 18.5 Å². The van der Waals surface area contributed by atoms with E-state index in [0.717, 1.165) is 36.1 Å². The minimum absolute atomic E-state index is 0.0313. The fraction of sp³-hybridized carbons (Fsp3) is 0.862. The molecule has 0 heterocycles. The SMILES string of the molecule is CON=C1C=C2CCC3C(CCC4(C)C3CCC4(O[Si](C)(C)C)C(CO[Si](C)(C)C)=NOC)C2(C)CC1. The summed E-state index contributed by atoms with van der Waals surface area (Å²) >= 11 is 0. The molecule has 0 aromatic rings. The van der Waals surface area contributed by atoms with Gasteiger partial charge in [0.15, 0.2) is 16.6 Å². The van der Waals surface area contributed by atoms with Gasteiger partial charge in [-0.25, -0.2) is 0 Å². The number of nitrogens with zero attached hydrogens (tertiary/aromatic N) is 2. The van der Waals surface area contributed by atoms with Crippen LogP contribution in [0.25, 0.3) is 0 Å². The van der Waals surface area contributed by atoms with Crippen molar-refractivity contribution in [3.05, 3.63) is 11.6 Å². The summed E-state index contributed by atoms with van der Waals surface area (Å²) in [6.45, 7) is 19.3. The standard InChI is InChI=1S/C29H52N2O4Si2/c1-27-16-13-22(30-32-3)19-21(27)11-12-23-24(27)14-17-28(2)25(23)15-18-29(28,35-37(8,9)10)26(31-33-4)20-34-36(5,6)7/h19,23-25H,11-18,20H2,1-10H3. The number of rotatable bonds is 8. The minimum atomic E-state index is -1.90. The fourth-order valence-corrected chi connectivity index (χ4v) is 10.7. The van der Waals surface area contributed by atoms with Crippen molar-refractivity contribution in [2.24, 2.45) is 38.9 Å². The van der Waals surface area contributed by atoms with Crippen molar-refractivity contribution >= 4 is 28.1 Å². The predicted molar refractivity (Wildman–Crippen MR) is 157 cm³/mol. The summed E-state index contributed by atoms with van der Waals surface area (Å²) in [4.78, 5) is 10.6. The summed E-state index contributed by atoms with van der Waals surface area (Å²) in [5.41, 5.74) is 3.59. The first-order chi connectivity index (χ1) is 17.2. The Labute approximate surface area is 227 Å². The van der Waals surface area contributed by atoms with Gasteiger partial charge in [-0.1, -0.05) is 29.7 Å². The predicted octanol–water partition coefficient (Wildman–Crippen LogP) is 7.40. The highest BCUT2D eigenvalue weighted by molar-refractivity contribution is 6.70. The second-order valence-corrected chi connectivity index (χ2v) is 23.4. The third-order valence-electron chi connectivity index (χ3n) is 10.1. The lowest BCUT2D eigenvalue weighted by Crippen LogP contribution is -2.62. The summed E-state index contributed by atoms with van der Waals surface area (Å²) in [5.74, 6) is 2.07. The van der Waals surface area contributed by atoms with Gasteiger partial charge in [-0.15, -0.1) is 0 Å². The van der Waals surface area contributed by atoms with Crippen molar-refractivity contribution in [2.45, 2.75) is 110 Å². The largest absolute Gasteiger partial charge is 0.412 e. The van der Waals surface area contributed by atoms with Crippen LogP contribution in [0.4, 0.5) is 0 Å². The molecule has 0 amide bonds. The van der Waals surface area contributed by atoms with E-state index in [-0.39, 0.29) is 10.8 Å². The van der Waals surface area contributed by atoms with Gasteiger partial charge in [-0.05, 0) is 120 Å². The number of allylic oxidation sites excluding steroid dienone is 2. The normalized spacial score (nSPS) is 39.5. The van der Waals surface area contributed by atoms with Crippen molar-refractivity contribution in [3.63, 3.8) is 0 Å². The van der Waals surface area contributed by atoms with Crippen molar-refractivity contribution in [1.29, 1.82) is 0 Å². The maximum Gasteiger partial charge on any atom is 0.185 e. The smallest absolute Gasteiger partial charge is 0.185 e. The molecule has 0 aliphatic heterocycles. The number of hydrogen-bond donors (Lipinski definition) is 0. The Morgan fingerprint density at radius 2 is 1.59 bits per heavy atom. The molecule has 6 nitrogen and oxygen atoms in total. The van der Waals surface area contributed by atoms with Gasteiger partial charge in [0, 0.05) is 5.41 Å². The van der Waals surface area contributed by atoms with Crippen molar-refractivity contribution in [3.8, 4) is 0 Å². The Bertz CT molecular complexity index is 953. The van der Waals surface area contributed by atoms with Crippen LogP contribution in [0.5, 0.6) is 0 Å². The molecule has 4 aliphatic rings. The Morgan fingerprint density at radius 3 is 2.22 bits per heavy atom.